The fourth-order valence-corrected chi connectivity index (χ4v) is 6.73. The van der Waals surface area contributed by atoms with E-state index < -0.39 is 16.4 Å². The van der Waals surface area contributed by atoms with Crippen molar-refractivity contribution >= 4 is 34.9 Å². The molecule has 2 bridgehead atoms. The Labute approximate surface area is 199 Å². The van der Waals surface area contributed by atoms with Crippen molar-refractivity contribution in [1.82, 2.24) is 9.80 Å². The molecule has 6 nitrogen and oxygen atoms in total. The summed E-state index contributed by atoms with van der Waals surface area (Å²) in [5, 5.41) is 3.56. The largest absolute Gasteiger partial charge is 0.448 e. The number of likely N-dealkylation sites (tertiary alicyclic amines) is 2. The van der Waals surface area contributed by atoms with Gasteiger partial charge in [0, 0.05) is 31.6 Å². The average molecular weight is 474 g/mol. The lowest BCUT2D eigenvalue weighted by molar-refractivity contribution is -0.173. The van der Waals surface area contributed by atoms with Crippen LogP contribution >= 0.6 is 12.2 Å². The second-order valence-corrected chi connectivity index (χ2v) is 11.4. The number of carbonyl (C=O) groups is 2. The smallest absolute Gasteiger partial charge is 0.313 e. The molecule has 1 aliphatic carbocycles. The van der Waals surface area contributed by atoms with E-state index in [1.165, 1.54) is 6.07 Å². The molecule has 3 heterocycles. The first kappa shape index (κ1) is 22.6. The Balaban J connectivity index is 1.22. The van der Waals surface area contributed by atoms with Crippen LogP contribution in [0, 0.1) is 22.1 Å². The van der Waals surface area contributed by atoms with E-state index in [-0.39, 0.29) is 23.1 Å². The summed E-state index contributed by atoms with van der Waals surface area (Å²) in [7, 11) is 0. The molecule has 0 aromatic heterocycles. The highest BCUT2D eigenvalue weighted by molar-refractivity contribution is 7.80. The number of thiocarbonyl (C=S) groups is 1. The Morgan fingerprint density at radius 3 is 2.24 bits per heavy atom. The number of ether oxygens (including phenoxy) is 1. The molecule has 3 saturated heterocycles. The zero-order valence-corrected chi connectivity index (χ0v) is 20.4. The minimum Gasteiger partial charge on any atom is -0.448 e. The number of fused-ring (bicyclic) bond motifs is 2. The maximum atomic E-state index is 14.0. The van der Waals surface area contributed by atoms with Crippen LogP contribution in [0.25, 0.3) is 0 Å². The molecule has 178 valence electrons. The zero-order chi connectivity index (χ0) is 23.6. The molecule has 1 spiro atoms. The third-order valence-corrected chi connectivity index (χ3v) is 9.74. The minimum absolute atomic E-state index is 0.0156. The van der Waals surface area contributed by atoms with E-state index >= 15 is 0 Å². The third-order valence-electron chi connectivity index (χ3n) is 9.38. The normalized spacial score (nSPS) is 31.7. The van der Waals surface area contributed by atoms with E-state index in [4.69, 9.17) is 17.0 Å². The number of piperidine rings is 1. The van der Waals surface area contributed by atoms with Crippen LogP contribution in [0.15, 0.2) is 24.3 Å². The summed E-state index contributed by atoms with van der Waals surface area (Å²) in [5.74, 6) is -0.570. The number of para-hydroxylation sites is 1. The van der Waals surface area contributed by atoms with E-state index in [1.807, 2.05) is 25.7 Å². The molecule has 0 unspecified atom stereocenters. The number of halogens is 1. The van der Waals surface area contributed by atoms with Crippen LogP contribution < -0.4 is 5.32 Å². The topological polar surface area (TPSA) is 61.9 Å². The SMILES string of the molecule is CC1(C)[C@@]2(C)CC[C@]1(C(=O)N1CCC3(CCN(C(=S)Nc4ccccc4F)CC3)C1)OC2=O. The first-order valence-electron chi connectivity index (χ1n) is 11.9. The van der Waals surface area contributed by atoms with E-state index in [0.29, 0.717) is 36.7 Å². The van der Waals surface area contributed by atoms with Crippen molar-refractivity contribution in [2.75, 3.05) is 31.5 Å². The van der Waals surface area contributed by atoms with Crippen molar-refractivity contribution < 1.29 is 18.7 Å². The molecule has 2 atom stereocenters. The lowest BCUT2D eigenvalue weighted by Crippen LogP contribution is -2.55. The highest BCUT2D eigenvalue weighted by Crippen LogP contribution is 2.66. The molecule has 0 radical (unpaired) electrons. The van der Waals surface area contributed by atoms with Gasteiger partial charge < -0.3 is 19.9 Å². The van der Waals surface area contributed by atoms with Gasteiger partial charge in [-0.15, -0.1) is 0 Å². The van der Waals surface area contributed by atoms with Crippen LogP contribution in [0.3, 0.4) is 0 Å². The van der Waals surface area contributed by atoms with Gasteiger partial charge in [-0.25, -0.2) is 4.39 Å². The summed E-state index contributed by atoms with van der Waals surface area (Å²) in [5.41, 5.74) is -1.69. The lowest BCUT2D eigenvalue weighted by Gasteiger charge is -2.41. The standard InChI is InChI=1S/C25H32FN3O3S/c1-22(2)23(3)8-9-25(22,32-20(23)31)19(30)29-15-12-24(16-29)10-13-28(14-11-24)21(33)27-18-7-5-4-6-17(18)26/h4-7H,8-16H2,1-3H3,(H,27,33)/t23-,25+/m0/s1. The molecule has 1 amide bonds. The monoisotopic (exact) mass is 473 g/mol. The molecular formula is C25H32FN3O3S. The molecule has 3 aliphatic heterocycles. The van der Waals surface area contributed by atoms with Crippen molar-refractivity contribution in [3.8, 4) is 0 Å². The molecule has 1 aromatic rings. The Bertz CT molecular complexity index is 1020. The summed E-state index contributed by atoms with van der Waals surface area (Å²) in [6.07, 6.45) is 4.09. The van der Waals surface area contributed by atoms with Crippen LogP contribution in [-0.2, 0) is 14.3 Å². The molecule has 33 heavy (non-hydrogen) atoms. The zero-order valence-electron chi connectivity index (χ0n) is 19.6. The van der Waals surface area contributed by atoms with E-state index in [9.17, 15) is 14.0 Å². The molecule has 8 heteroatoms. The van der Waals surface area contributed by atoms with E-state index in [2.05, 4.69) is 10.2 Å². The van der Waals surface area contributed by atoms with Gasteiger partial charge in [-0.1, -0.05) is 26.0 Å². The second kappa shape index (κ2) is 7.39. The van der Waals surface area contributed by atoms with Crippen LogP contribution in [0.1, 0.15) is 52.9 Å². The summed E-state index contributed by atoms with van der Waals surface area (Å²) < 4.78 is 19.8. The highest BCUT2D eigenvalue weighted by Gasteiger charge is 2.76. The van der Waals surface area contributed by atoms with Crippen molar-refractivity contribution in [3.63, 3.8) is 0 Å². The maximum absolute atomic E-state index is 14.0. The average Bonchev–Trinajstić information content (AvgIpc) is 3.33. The Morgan fingerprint density at radius 2 is 1.67 bits per heavy atom. The van der Waals surface area contributed by atoms with Gasteiger partial charge in [-0.05, 0) is 68.8 Å². The Hall–Kier alpha value is -2.22. The van der Waals surface area contributed by atoms with Gasteiger partial charge in [0.15, 0.2) is 10.7 Å². The number of rotatable bonds is 2. The molecular weight excluding hydrogens is 441 g/mol. The van der Waals surface area contributed by atoms with E-state index in [0.717, 1.165) is 32.4 Å². The van der Waals surface area contributed by atoms with Crippen LogP contribution in [-0.4, -0.2) is 58.6 Å². The van der Waals surface area contributed by atoms with Crippen molar-refractivity contribution in [2.45, 2.75) is 58.5 Å². The quantitative estimate of drug-likeness (QED) is 0.518. The molecule has 5 rings (SSSR count). The lowest BCUT2D eigenvalue weighted by atomic mass is 9.66. The first-order valence-corrected chi connectivity index (χ1v) is 12.3. The van der Waals surface area contributed by atoms with E-state index in [1.54, 1.807) is 18.2 Å². The molecule has 1 saturated carbocycles. The van der Waals surface area contributed by atoms with Crippen molar-refractivity contribution in [3.05, 3.63) is 30.1 Å². The second-order valence-electron chi connectivity index (χ2n) is 11.0. The van der Waals surface area contributed by atoms with Gasteiger partial charge in [0.1, 0.15) is 5.82 Å². The Morgan fingerprint density at radius 1 is 1.03 bits per heavy atom. The number of benzene rings is 1. The highest BCUT2D eigenvalue weighted by atomic mass is 32.1. The van der Waals surface area contributed by atoms with Gasteiger partial charge in [0.25, 0.3) is 5.91 Å². The van der Waals surface area contributed by atoms with Crippen LogP contribution in [0.4, 0.5) is 10.1 Å². The van der Waals surface area contributed by atoms with Gasteiger partial charge in [-0.2, -0.15) is 0 Å². The molecule has 1 N–H and O–H groups in total. The molecule has 4 fully saturated rings. The predicted molar refractivity (Wildman–Crippen MR) is 127 cm³/mol. The van der Waals surface area contributed by atoms with Crippen LogP contribution in [0.2, 0.25) is 0 Å². The van der Waals surface area contributed by atoms with Crippen molar-refractivity contribution in [1.29, 1.82) is 0 Å². The number of amides is 1. The summed E-state index contributed by atoms with van der Waals surface area (Å²) in [6.45, 7) is 8.89. The number of hydrogen-bond donors (Lipinski definition) is 1. The number of nitrogens with zero attached hydrogens (tertiary/aromatic N) is 2. The number of esters is 1. The number of nitrogens with one attached hydrogen (secondary N) is 1. The van der Waals surface area contributed by atoms with Crippen molar-refractivity contribution in [2.24, 2.45) is 16.2 Å². The summed E-state index contributed by atoms with van der Waals surface area (Å²) in [6, 6.07) is 6.52. The molecule has 1 aromatic carbocycles. The number of hydrogen-bond acceptors (Lipinski definition) is 4. The summed E-state index contributed by atoms with van der Waals surface area (Å²) >= 11 is 5.53. The maximum Gasteiger partial charge on any atom is 0.313 e. The number of carbonyl (C=O) groups excluding carboxylic acids is 2. The van der Waals surface area contributed by atoms with Gasteiger partial charge in [0.05, 0.1) is 11.1 Å². The predicted octanol–water partition coefficient (Wildman–Crippen LogP) is 3.96. The fourth-order valence-electron chi connectivity index (χ4n) is 6.43. The third kappa shape index (κ3) is 3.12. The summed E-state index contributed by atoms with van der Waals surface area (Å²) in [4.78, 5) is 30.4. The van der Waals surface area contributed by atoms with Gasteiger partial charge in [-0.3, -0.25) is 9.59 Å². The fraction of sp³-hybridized carbons (Fsp3) is 0.640. The van der Waals surface area contributed by atoms with Gasteiger partial charge >= 0.3 is 5.97 Å². The number of anilines is 1. The molecule has 4 aliphatic rings. The Kier molecular flexibility index (Phi) is 5.05. The van der Waals surface area contributed by atoms with Gasteiger partial charge in [0.2, 0.25) is 0 Å². The first-order chi connectivity index (χ1) is 15.5. The minimum atomic E-state index is -1.03. The van der Waals surface area contributed by atoms with Crippen LogP contribution in [0.5, 0.6) is 0 Å².